The van der Waals surface area contributed by atoms with E-state index in [2.05, 4.69) is 30.6 Å². The van der Waals surface area contributed by atoms with Crippen LogP contribution in [0.2, 0.25) is 0 Å². The lowest BCUT2D eigenvalue weighted by Crippen LogP contribution is -2.38. The molecule has 0 saturated carbocycles. The zero-order chi connectivity index (χ0) is 18.1. The molecule has 0 bridgehead atoms. The first-order chi connectivity index (χ1) is 12.0. The van der Waals surface area contributed by atoms with Crippen molar-refractivity contribution in [3.05, 3.63) is 30.2 Å². The van der Waals surface area contributed by atoms with Gasteiger partial charge in [0.1, 0.15) is 13.2 Å². The van der Waals surface area contributed by atoms with Gasteiger partial charge in [0.15, 0.2) is 17.4 Å². The molecule has 26 heavy (non-hydrogen) atoms. The van der Waals surface area contributed by atoms with Crippen molar-refractivity contribution >= 4 is 35.6 Å². The van der Waals surface area contributed by atoms with Gasteiger partial charge >= 0.3 is 6.18 Å². The van der Waals surface area contributed by atoms with E-state index in [0.717, 1.165) is 5.65 Å². The molecule has 11 heteroatoms. The van der Waals surface area contributed by atoms with Crippen LogP contribution in [-0.2, 0) is 11.3 Å². The minimum Gasteiger partial charge on any atom is -0.372 e. The molecule has 0 amide bonds. The second-order valence-electron chi connectivity index (χ2n) is 5.19. The third-order valence-electron chi connectivity index (χ3n) is 3.13. The van der Waals surface area contributed by atoms with Gasteiger partial charge in [-0.05, 0) is 25.5 Å². The number of guanidine groups is 1. The van der Waals surface area contributed by atoms with Crippen LogP contribution in [0, 0.1) is 0 Å². The fourth-order valence-corrected chi connectivity index (χ4v) is 2.06. The zero-order valence-corrected chi connectivity index (χ0v) is 16.6. The standard InChI is InChI=1S/C15H21F3N6O.HI/c1-2-19-14(20-7-5-9-25-11-15(16,17)18)21-10-13-23-22-12-6-3-4-8-24(12)13;/h3-4,6,8H,2,5,7,9-11H2,1H3,(H2,19,20,21);1H. The summed E-state index contributed by atoms with van der Waals surface area (Å²) in [5.74, 6) is 1.26. The molecule has 0 atom stereocenters. The predicted octanol–water partition coefficient (Wildman–Crippen LogP) is 2.37. The largest absolute Gasteiger partial charge is 0.411 e. The Bertz CT molecular complexity index is 691. The summed E-state index contributed by atoms with van der Waals surface area (Å²) in [5, 5.41) is 14.3. The van der Waals surface area contributed by atoms with E-state index in [9.17, 15) is 13.2 Å². The van der Waals surface area contributed by atoms with Crippen molar-refractivity contribution in [2.45, 2.75) is 26.1 Å². The van der Waals surface area contributed by atoms with Crippen LogP contribution < -0.4 is 10.6 Å². The molecule has 7 nitrogen and oxygen atoms in total. The maximum Gasteiger partial charge on any atom is 0.411 e. The van der Waals surface area contributed by atoms with Crippen molar-refractivity contribution in [1.82, 2.24) is 25.2 Å². The van der Waals surface area contributed by atoms with Crippen molar-refractivity contribution in [3.8, 4) is 0 Å². The quantitative estimate of drug-likeness (QED) is 0.260. The van der Waals surface area contributed by atoms with E-state index < -0.39 is 12.8 Å². The van der Waals surface area contributed by atoms with Gasteiger partial charge in [-0.1, -0.05) is 6.07 Å². The van der Waals surface area contributed by atoms with Crippen molar-refractivity contribution in [2.24, 2.45) is 4.99 Å². The smallest absolute Gasteiger partial charge is 0.372 e. The fourth-order valence-electron chi connectivity index (χ4n) is 2.06. The zero-order valence-electron chi connectivity index (χ0n) is 14.3. The number of fused-ring (bicyclic) bond motifs is 1. The molecule has 146 valence electrons. The second-order valence-corrected chi connectivity index (χ2v) is 5.19. The van der Waals surface area contributed by atoms with Gasteiger partial charge in [-0.25, -0.2) is 4.99 Å². The number of hydrogen-bond acceptors (Lipinski definition) is 4. The average Bonchev–Trinajstić information content (AvgIpc) is 2.98. The average molecular weight is 486 g/mol. The van der Waals surface area contributed by atoms with Gasteiger partial charge in [0.2, 0.25) is 0 Å². The summed E-state index contributed by atoms with van der Waals surface area (Å²) in [7, 11) is 0. The highest BCUT2D eigenvalue weighted by Crippen LogP contribution is 2.14. The van der Waals surface area contributed by atoms with E-state index in [-0.39, 0.29) is 30.6 Å². The van der Waals surface area contributed by atoms with E-state index >= 15 is 0 Å². The Hall–Kier alpha value is -1.63. The number of pyridine rings is 1. The Kier molecular flexibility index (Phi) is 9.62. The number of hydrogen-bond donors (Lipinski definition) is 2. The minimum atomic E-state index is -4.29. The topological polar surface area (TPSA) is 75.8 Å². The molecule has 2 rings (SSSR count). The lowest BCUT2D eigenvalue weighted by atomic mass is 10.4. The van der Waals surface area contributed by atoms with Crippen molar-refractivity contribution in [2.75, 3.05) is 26.3 Å². The summed E-state index contributed by atoms with van der Waals surface area (Å²) < 4.78 is 42.3. The van der Waals surface area contributed by atoms with Crippen LogP contribution in [0.1, 0.15) is 19.2 Å². The Morgan fingerprint density at radius 1 is 1.27 bits per heavy atom. The number of aliphatic imine (C=N–C) groups is 1. The predicted molar refractivity (Wildman–Crippen MR) is 103 cm³/mol. The van der Waals surface area contributed by atoms with Crippen LogP contribution in [0.3, 0.4) is 0 Å². The molecule has 2 aromatic heterocycles. The number of aromatic nitrogens is 3. The molecule has 0 aromatic carbocycles. The Balaban J connectivity index is 0.00000338. The SMILES string of the molecule is CCNC(=NCc1nnc2ccccn12)NCCCOCC(F)(F)F.I. The van der Waals surface area contributed by atoms with E-state index in [1.165, 1.54) is 0 Å². The molecule has 0 unspecified atom stereocenters. The number of rotatable bonds is 8. The molecule has 0 spiro atoms. The second kappa shape index (κ2) is 11.2. The number of halogens is 4. The van der Waals surface area contributed by atoms with Gasteiger partial charge in [0.25, 0.3) is 0 Å². The molecule has 0 saturated heterocycles. The van der Waals surface area contributed by atoms with Gasteiger partial charge in [-0.2, -0.15) is 13.2 Å². The maximum absolute atomic E-state index is 12.0. The molecule has 2 N–H and O–H groups in total. The molecule has 0 radical (unpaired) electrons. The van der Waals surface area contributed by atoms with Crippen molar-refractivity contribution in [3.63, 3.8) is 0 Å². The van der Waals surface area contributed by atoms with Crippen LogP contribution in [0.25, 0.3) is 5.65 Å². The van der Waals surface area contributed by atoms with Crippen LogP contribution in [0.4, 0.5) is 13.2 Å². The highest BCUT2D eigenvalue weighted by molar-refractivity contribution is 14.0. The van der Waals surface area contributed by atoms with Gasteiger partial charge in [-0.15, -0.1) is 34.2 Å². The van der Waals surface area contributed by atoms with E-state index in [1.807, 2.05) is 35.7 Å². The number of nitrogens with zero attached hydrogens (tertiary/aromatic N) is 4. The summed E-state index contributed by atoms with van der Waals surface area (Å²) >= 11 is 0. The Morgan fingerprint density at radius 2 is 2.08 bits per heavy atom. The van der Waals surface area contributed by atoms with Gasteiger partial charge in [0.05, 0.1) is 0 Å². The third-order valence-corrected chi connectivity index (χ3v) is 3.13. The van der Waals surface area contributed by atoms with Gasteiger partial charge in [-0.3, -0.25) is 4.40 Å². The van der Waals surface area contributed by atoms with Gasteiger partial charge in [0, 0.05) is 25.9 Å². The highest BCUT2D eigenvalue weighted by Gasteiger charge is 2.27. The molecule has 0 fully saturated rings. The van der Waals surface area contributed by atoms with Crippen molar-refractivity contribution in [1.29, 1.82) is 0 Å². The van der Waals surface area contributed by atoms with Gasteiger partial charge < -0.3 is 15.4 Å². The number of ether oxygens (including phenoxy) is 1. The highest BCUT2D eigenvalue weighted by atomic mass is 127. The summed E-state index contributed by atoms with van der Waals surface area (Å²) in [5.41, 5.74) is 0.743. The monoisotopic (exact) mass is 486 g/mol. The number of alkyl halides is 3. The first-order valence-corrected chi connectivity index (χ1v) is 7.95. The molecular weight excluding hydrogens is 464 g/mol. The molecule has 0 aliphatic heterocycles. The van der Waals surface area contributed by atoms with E-state index in [0.29, 0.717) is 37.8 Å². The van der Waals surface area contributed by atoms with E-state index in [1.54, 1.807) is 0 Å². The molecule has 0 aliphatic rings. The van der Waals surface area contributed by atoms with Crippen LogP contribution in [0.15, 0.2) is 29.4 Å². The first-order valence-electron chi connectivity index (χ1n) is 7.95. The summed E-state index contributed by atoms with van der Waals surface area (Å²) in [6.07, 6.45) is -1.99. The first kappa shape index (κ1) is 22.4. The van der Waals surface area contributed by atoms with Crippen LogP contribution in [-0.4, -0.2) is 53.0 Å². The van der Waals surface area contributed by atoms with Crippen LogP contribution in [0.5, 0.6) is 0 Å². The molecule has 2 aromatic rings. The maximum atomic E-state index is 12.0. The van der Waals surface area contributed by atoms with Crippen molar-refractivity contribution < 1.29 is 17.9 Å². The number of nitrogens with one attached hydrogen (secondary N) is 2. The summed E-state index contributed by atoms with van der Waals surface area (Å²) in [6.45, 7) is 2.17. The summed E-state index contributed by atoms with van der Waals surface area (Å²) in [4.78, 5) is 4.41. The molecular formula is C15H22F3IN6O. The lowest BCUT2D eigenvalue weighted by Gasteiger charge is -2.11. The minimum absolute atomic E-state index is 0. The normalized spacial score (nSPS) is 12.1. The Labute approximate surface area is 166 Å². The lowest BCUT2D eigenvalue weighted by molar-refractivity contribution is -0.173. The Morgan fingerprint density at radius 3 is 2.81 bits per heavy atom. The summed E-state index contributed by atoms with van der Waals surface area (Å²) in [6, 6.07) is 5.61. The molecule has 2 heterocycles. The third kappa shape index (κ3) is 7.72. The van der Waals surface area contributed by atoms with E-state index in [4.69, 9.17) is 0 Å². The molecule has 0 aliphatic carbocycles. The van der Waals surface area contributed by atoms with Crippen LogP contribution >= 0.6 is 24.0 Å². The fraction of sp³-hybridized carbons (Fsp3) is 0.533.